The molecule has 0 aliphatic rings. The summed E-state index contributed by atoms with van der Waals surface area (Å²) in [5.41, 5.74) is 3.44. The molecule has 0 radical (unpaired) electrons. The number of nitriles is 1. The molecule has 1 aromatic rings. The largest absolute Gasteiger partial charge is 0.310 e. The van der Waals surface area contributed by atoms with Gasteiger partial charge in [0.25, 0.3) is 0 Å². The monoisotopic (exact) mass is 230 g/mol. The van der Waals surface area contributed by atoms with Crippen LogP contribution in [0.3, 0.4) is 0 Å². The lowest BCUT2D eigenvalue weighted by atomic mass is 9.88. The number of nitrogens with zero attached hydrogens (tertiary/aromatic N) is 1. The summed E-state index contributed by atoms with van der Waals surface area (Å²) in [6.45, 7) is 11.8. The van der Waals surface area contributed by atoms with Crippen molar-refractivity contribution in [2.45, 2.75) is 47.2 Å². The minimum Gasteiger partial charge on any atom is -0.310 e. The fourth-order valence-electron chi connectivity index (χ4n) is 1.53. The molecule has 0 aromatic heterocycles. The Morgan fingerprint density at radius 1 is 1.35 bits per heavy atom. The summed E-state index contributed by atoms with van der Waals surface area (Å²) in [4.78, 5) is 0. The van der Waals surface area contributed by atoms with E-state index in [0.29, 0.717) is 6.04 Å². The number of hydrogen-bond acceptors (Lipinski definition) is 2. The molecule has 0 fully saturated rings. The maximum absolute atomic E-state index is 8.81. The third-order valence-corrected chi connectivity index (χ3v) is 3.37. The molecule has 1 aromatic carbocycles. The molecule has 0 aliphatic heterocycles. The van der Waals surface area contributed by atoms with E-state index in [4.69, 9.17) is 5.26 Å². The number of aryl methyl sites for hydroxylation is 1. The van der Waals surface area contributed by atoms with E-state index in [1.165, 1.54) is 11.1 Å². The molecule has 92 valence electrons. The van der Waals surface area contributed by atoms with Crippen LogP contribution in [0.5, 0.6) is 0 Å². The molecule has 0 saturated carbocycles. The van der Waals surface area contributed by atoms with Crippen LogP contribution in [0.15, 0.2) is 18.2 Å². The maximum Gasteiger partial charge on any atom is 0.0991 e. The molecule has 17 heavy (non-hydrogen) atoms. The fourth-order valence-corrected chi connectivity index (χ4v) is 1.53. The zero-order valence-electron chi connectivity index (χ0n) is 11.5. The van der Waals surface area contributed by atoms with Gasteiger partial charge in [-0.3, -0.25) is 0 Å². The summed E-state index contributed by atoms with van der Waals surface area (Å²) in [6.07, 6.45) is 0. The van der Waals surface area contributed by atoms with Crippen LogP contribution in [0.2, 0.25) is 0 Å². The van der Waals surface area contributed by atoms with E-state index in [-0.39, 0.29) is 5.41 Å². The predicted molar refractivity (Wildman–Crippen MR) is 71.7 cm³/mol. The van der Waals surface area contributed by atoms with Gasteiger partial charge in [0, 0.05) is 12.6 Å². The van der Waals surface area contributed by atoms with Gasteiger partial charge in [0.1, 0.15) is 0 Å². The van der Waals surface area contributed by atoms with Crippen molar-refractivity contribution in [2.75, 3.05) is 0 Å². The Kier molecular flexibility index (Phi) is 4.31. The minimum absolute atomic E-state index is 0.264. The van der Waals surface area contributed by atoms with Gasteiger partial charge >= 0.3 is 0 Å². The molecule has 0 spiro atoms. The van der Waals surface area contributed by atoms with Gasteiger partial charge in [-0.05, 0) is 42.5 Å². The Balaban J connectivity index is 2.68. The molecule has 0 aliphatic carbocycles. The van der Waals surface area contributed by atoms with Gasteiger partial charge < -0.3 is 5.32 Å². The SMILES string of the molecule is Cc1cc(C#N)ccc1CNC(C)C(C)(C)C. The van der Waals surface area contributed by atoms with Crippen LogP contribution in [0, 0.1) is 23.7 Å². The van der Waals surface area contributed by atoms with E-state index in [0.717, 1.165) is 12.1 Å². The molecule has 2 nitrogen and oxygen atoms in total. The quantitative estimate of drug-likeness (QED) is 0.864. The normalized spacial score (nSPS) is 13.2. The average Bonchev–Trinajstić information content (AvgIpc) is 2.25. The van der Waals surface area contributed by atoms with Crippen molar-refractivity contribution >= 4 is 0 Å². The zero-order chi connectivity index (χ0) is 13.1. The molecular weight excluding hydrogens is 208 g/mol. The first kappa shape index (κ1) is 13.7. The van der Waals surface area contributed by atoms with Crippen LogP contribution in [-0.2, 0) is 6.54 Å². The van der Waals surface area contributed by atoms with Crippen LogP contribution in [0.4, 0.5) is 0 Å². The Labute approximate surface area is 105 Å². The molecule has 0 bridgehead atoms. The summed E-state index contributed by atoms with van der Waals surface area (Å²) >= 11 is 0. The van der Waals surface area contributed by atoms with Crippen LogP contribution in [0.25, 0.3) is 0 Å². The highest BCUT2D eigenvalue weighted by molar-refractivity contribution is 5.37. The van der Waals surface area contributed by atoms with Crippen molar-refractivity contribution in [2.24, 2.45) is 5.41 Å². The second-order valence-corrected chi connectivity index (χ2v) is 5.72. The molecular formula is C15H22N2. The number of rotatable bonds is 3. The number of benzene rings is 1. The molecule has 1 N–H and O–H groups in total. The third-order valence-electron chi connectivity index (χ3n) is 3.37. The number of hydrogen-bond donors (Lipinski definition) is 1. The van der Waals surface area contributed by atoms with Crippen LogP contribution < -0.4 is 5.32 Å². The van der Waals surface area contributed by atoms with Gasteiger partial charge in [0.05, 0.1) is 11.6 Å². The maximum atomic E-state index is 8.81. The lowest BCUT2D eigenvalue weighted by Gasteiger charge is -2.28. The molecule has 0 saturated heterocycles. The standard InChI is InChI=1S/C15H22N2/c1-11-8-13(9-16)6-7-14(11)10-17-12(2)15(3,4)5/h6-8,12,17H,10H2,1-5H3. The van der Waals surface area contributed by atoms with Crippen molar-refractivity contribution in [3.05, 3.63) is 34.9 Å². The van der Waals surface area contributed by atoms with Crippen molar-refractivity contribution in [3.63, 3.8) is 0 Å². The van der Waals surface area contributed by atoms with Crippen LogP contribution >= 0.6 is 0 Å². The summed E-state index contributed by atoms with van der Waals surface area (Å²) in [7, 11) is 0. The number of nitrogens with one attached hydrogen (secondary N) is 1. The van der Waals surface area contributed by atoms with Gasteiger partial charge in [-0.15, -0.1) is 0 Å². The van der Waals surface area contributed by atoms with Gasteiger partial charge in [0.15, 0.2) is 0 Å². The first-order valence-electron chi connectivity index (χ1n) is 6.07. The summed E-state index contributed by atoms with van der Waals surface area (Å²) in [5, 5.41) is 12.3. The molecule has 0 heterocycles. The second-order valence-electron chi connectivity index (χ2n) is 5.72. The molecule has 1 atom stereocenters. The van der Waals surface area contributed by atoms with Crippen LogP contribution in [-0.4, -0.2) is 6.04 Å². The lowest BCUT2D eigenvalue weighted by molar-refractivity contribution is 0.285. The zero-order valence-corrected chi connectivity index (χ0v) is 11.5. The fraction of sp³-hybridized carbons (Fsp3) is 0.533. The summed E-state index contributed by atoms with van der Waals surface area (Å²) in [6, 6.07) is 8.48. The Bertz CT molecular complexity index is 422. The molecule has 1 rings (SSSR count). The van der Waals surface area contributed by atoms with E-state index in [2.05, 4.69) is 46.0 Å². The van der Waals surface area contributed by atoms with E-state index >= 15 is 0 Å². The highest BCUT2D eigenvalue weighted by Gasteiger charge is 2.19. The second kappa shape index (κ2) is 5.33. The predicted octanol–water partition coefficient (Wildman–Crippen LogP) is 3.39. The van der Waals surface area contributed by atoms with E-state index in [9.17, 15) is 0 Å². The van der Waals surface area contributed by atoms with E-state index in [1.54, 1.807) is 0 Å². The van der Waals surface area contributed by atoms with Gasteiger partial charge in [-0.1, -0.05) is 26.8 Å². The first-order chi connectivity index (χ1) is 7.84. The topological polar surface area (TPSA) is 35.8 Å². The average molecular weight is 230 g/mol. The molecule has 1 unspecified atom stereocenters. The van der Waals surface area contributed by atoms with Gasteiger partial charge in [-0.25, -0.2) is 0 Å². The lowest BCUT2D eigenvalue weighted by Crippen LogP contribution is -2.37. The van der Waals surface area contributed by atoms with Gasteiger partial charge in [0.2, 0.25) is 0 Å². The van der Waals surface area contributed by atoms with Crippen molar-refractivity contribution in [1.82, 2.24) is 5.32 Å². The Morgan fingerprint density at radius 2 is 2.00 bits per heavy atom. The first-order valence-corrected chi connectivity index (χ1v) is 6.07. The Hall–Kier alpha value is -1.33. The summed E-state index contributed by atoms with van der Waals surface area (Å²) < 4.78 is 0. The third kappa shape index (κ3) is 3.87. The van der Waals surface area contributed by atoms with Crippen molar-refractivity contribution in [3.8, 4) is 6.07 Å². The van der Waals surface area contributed by atoms with Crippen molar-refractivity contribution < 1.29 is 0 Å². The van der Waals surface area contributed by atoms with Crippen LogP contribution in [0.1, 0.15) is 44.4 Å². The smallest absolute Gasteiger partial charge is 0.0991 e. The van der Waals surface area contributed by atoms with Crippen molar-refractivity contribution in [1.29, 1.82) is 5.26 Å². The minimum atomic E-state index is 0.264. The van der Waals surface area contributed by atoms with Gasteiger partial charge in [-0.2, -0.15) is 5.26 Å². The molecule has 0 amide bonds. The molecule has 2 heteroatoms. The highest BCUT2D eigenvalue weighted by atomic mass is 14.9. The van der Waals surface area contributed by atoms with E-state index in [1.807, 2.05) is 18.2 Å². The Morgan fingerprint density at radius 3 is 2.47 bits per heavy atom. The highest BCUT2D eigenvalue weighted by Crippen LogP contribution is 2.19. The summed E-state index contributed by atoms with van der Waals surface area (Å²) in [5.74, 6) is 0. The van der Waals surface area contributed by atoms with E-state index < -0.39 is 0 Å².